The number of hydrogen-bond donors (Lipinski definition) is 0. The monoisotopic (exact) mass is 259 g/mol. The van der Waals surface area contributed by atoms with E-state index in [4.69, 9.17) is 4.74 Å². The van der Waals surface area contributed by atoms with Gasteiger partial charge in [-0.15, -0.1) is 6.58 Å². The Morgan fingerprint density at radius 1 is 1.42 bits per heavy atom. The van der Waals surface area contributed by atoms with Crippen molar-refractivity contribution in [3.05, 3.63) is 42.5 Å². The van der Waals surface area contributed by atoms with Crippen LogP contribution in [0.1, 0.15) is 24.8 Å². The molecule has 2 rings (SSSR count). The van der Waals surface area contributed by atoms with Gasteiger partial charge in [-0.05, 0) is 37.0 Å². The van der Waals surface area contributed by atoms with E-state index in [-0.39, 0.29) is 5.91 Å². The number of amides is 1. The smallest absolute Gasteiger partial charge is 0.222 e. The van der Waals surface area contributed by atoms with Crippen molar-refractivity contribution in [1.29, 1.82) is 0 Å². The summed E-state index contributed by atoms with van der Waals surface area (Å²) in [7, 11) is 1.66. The molecular weight excluding hydrogens is 238 g/mol. The third kappa shape index (κ3) is 3.37. The number of rotatable bonds is 6. The van der Waals surface area contributed by atoms with E-state index in [0.717, 1.165) is 31.6 Å². The van der Waals surface area contributed by atoms with Crippen LogP contribution in [-0.2, 0) is 11.2 Å². The fraction of sp³-hybridized carbons (Fsp3) is 0.438. The largest absolute Gasteiger partial charge is 0.497 e. The van der Waals surface area contributed by atoms with Gasteiger partial charge in [-0.2, -0.15) is 0 Å². The van der Waals surface area contributed by atoms with Crippen LogP contribution in [-0.4, -0.2) is 30.5 Å². The lowest BCUT2D eigenvalue weighted by atomic mass is 10.1. The molecule has 0 radical (unpaired) electrons. The second-order valence-corrected chi connectivity index (χ2v) is 4.90. The zero-order chi connectivity index (χ0) is 13.7. The maximum atomic E-state index is 11.9. The van der Waals surface area contributed by atoms with Crippen LogP contribution in [0.4, 0.5) is 0 Å². The molecule has 0 aromatic heterocycles. The van der Waals surface area contributed by atoms with Crippen molar-refractivity contribution in [2.75, 3.05) is 13.7 Å². The van der Waals surface area contributed by atoms with Gasteiger partial charge in [0.15, 0.2) is 0 Å². The number of nitrogens with zero attached hydrogens (tertiary/aromatic N) is 1. The highest BCUT2D eigenvalue weighted by Gasteiger charge is 2.29. The number of ether oxygens (including phenoxy) is 1. The highest BCUT2D eigenvalue weighted by atomic mass is 16.5. The third-order valence-electron chi connectivity index (χ3n) is 3.69. The molecule has 1 heterocycles. The van der Waals surface area contributed by atoms with E-state index in [1.807, 2.05) is 23.1 Å². The highest BCUT2D eigenvalue weighted by molar-refractivity contribution is 5.78. The Labute approximate surface area is 114 Å². The van der Waals surface area contributed by atoms with E-state index >= 15 is 0 Å². The summed E-state index contributed by atoms with van der Waals surface area (Å²) in [6.45, 7) is 4.56. The zero-order valence-corrected chi connectivity index (χ0v) is 11.5. The van der Waals surface area contributed by atoms with Gasteiger partial charge in [0.25, 0.3) is 0 Å². The molecule has 0 bridgehead atoms. The van der Waals surface area contributed by atoms with Gasteiger partial charge < -0.3 is 9.64 Å². The van der Waals surface area contributed by atoms with Gasteiger partial charge in [-0.3, -0.25) is 4.79 Å². The molecule has 3 nitrogen and oxygen atoms in total. The molecule has 1 amide bonds. The predicted molar refractivity (Wildman–Crippen MR) is 76.2 cm³/mol. The van der Waals surface area contributed by atoms with Crippen LogP contribution >= 0.6 is 0 Å². The lowest BCUT2D eigenvalue weighted by Gasteiger charge is -2.23. The number of methoxy groups -OCH3 is 1. The molecule has 0 aliphatic carbocycles. The lowest BCUT2D eigenvalue weighted by molar-refractivity contribution is -0.128. The van der Waals surface area contributed by atoms with Crippen molar-refractivity contribution < 1.29 is 9.53 Å². The molecule has 3 heteroatoms. The normalized spacial score (nSPS) is 18.7. The number of carbonyl (C=O) groups is 1. The second-order valence-electron chi connectivity index (χ2n) is 4.90. The van der Waals surface area contributed by atoms with Gasteiger partial charge in [0.2, 0.25) is 5.91 Å². The van der Waals surface area contributed by atoms with Gasteiger partial charge in [0.05, 0.1) is 7.11 Å². The van der Waals surface area contributed by atoms with E-state index in [0.29, 0.717) is 12.5 Å². The first-order valence-electron chi connectivity index (χ1n) is 6.78. The SMILES string of the molecule is C=CCC1CCC(=O)N1CCc1ccc(OC)cc1. The summed E-state index contributed by atoms with van der Waals surface area (Å²) >= 11 is 0. The molecular formula is C16H21NO2. The number of hydrogen-bond acceptors (Lipinski definition) is 2. The molecule has 1 unspecified atom stereocenters. The second kappa shape index (κ2) is 6.41. The molecule has 1 atom stereocenters. The first-order chi connectivity index (χ1) is 9.24. The standard InChI is InChI=1S/C16H21NO2/c1-3-4-14-7-10-16(18)17(14)12-11-13-5-8-15(19-2)9-6-13/h3,5-6,8-9,14H,1,4,7,10-12H2,2H3. The molecule has 0 N–H and O–H groups in total. The van der Waals surface area contributed by atoms with E-state index in [1.165, 1.54) is 5.56 Å². The Morgan fingerprint density at radius 2 is 2.16 bits per heavy atom. The first kappa shape index (κ1) is 13.7. The van der Waals surface area contributed by atoms with Gasteiger partial charge in [0, 0.05) is 19.0 Å². The van der Waals surface area contributed by atoms with E-state index < -0.39 is 0 Å². The fourth-order valence-corrected chi connectivity index (χ4v) is 2.58. The Balaban J connectivity index is 1.92. The van der Waals surface area contributed by atoms with Crippen LogP contribution in [0.25, 0.3) is 0 Å². The molecule has 1 aliphatic heterocycles. The van der Waals surface area contributed by atoms with Gasteiger partial charge in [-0.1, -0.05) is 18.2 Å². The third-order valence-corrected chi connectivity index (χ3v) is 3.69. The number of benzene rings is 1. The van der Waals surface area contributed by atoms with Crippen molar-refractivity contribution >= 4 is 5.91 Å². The Morgan fingerprint density at radius 3 is 2.79 bits per heavy atom. The maximum absolute atomic E-state index is 11.9. The summed E-state index contributed by atoms with van der Waals surface area (Å²) in [6, 6.07) is 8.39. The summed E-state index contributed by atoms with van der Waals surface area (Å²) < 4.78 is 5.14. The predicted octanol–water partition coefficient (Wildman–Crippen LogP) is 2.80. The van der Waals surface area contributed by atoms with Crippen molar-refractivity contribution in [2.24, 2.45) is 0 Å². The van der Waals surface area contributed by atoms with Crippen molar-refractivity contribution in [2.45, 2.75) is 31.7 Å². The van der Waals surface area contributed by atoms with E-state index in [1.54, 1.807) is 7.11 Å². The molecule has 1 aliphatic rings. The number of likely N-dealkylation sites (tertiary alicyclic amines) is 1. The van der Waals surface area contributed by atoms with Crippen molar-refractivity contribution in [3.8, 4) is 5.75 Å². The molecule has 19 heavy (non-hydrogen) atoms. The average molecular weight is 259 g/mol. The highest BCUT2D eigenvalue weighted by Crippen LogP contribution is 2.22. The van der Waals surface area contributed by atoms with E-state index in [9.17, 15) is 4.79 Å². The van der Waals surface area contributed by atoms with Gasteiger partial charge in [0.1, 0.15) is 5.75 Å². The van der Waals surface area contributed by atoms with Crippen LogP contribution in [0.5, 0.6) is 5.75 Å². The topological polar surface area (TPSA) is 29.5 Å². The maximum Gasteiger partial charge on any atom is 0.222 e. The molecule has 0 spiro atoms. The van der Waals surface area contributed by atoms with Crippen LogP contribution in [0, 0.1) is 0 Å². The quantitative estimate of drug-likeness (QED) is 0.735. The minimum atomic E-state index is 0.278. The Hall–Kier alpha value is -1.77. The van der Waals surface area contributed by atoms with Gasteiger partial charge >= 0.3 is 0 Å². The van der Waals surface area contributed by atoms with Crippen LogP contribution < -0.4 is 4.74 Å². The summed E-state index contributed by atoms with van der Waals surface area (Å²) in [5.74, 6) is 1.14. The Bertz CT molecular complexity index is 439. The van der Waals surface area contributed by atoms with Gasteiger partial charge in [-0.25, -0.2) is 0 Å². The van der Waals surface area contributed by atoms with Crippen LogP contribution in [0.2, 0.25) is 0 Å². The summed E-state index contributed by atoms with van der Waals surface area (Å²) in [5.41, 5.74) is 1.23. The Kier molecular flexibility index (Phi) is 4.61. The van der Waals surface area contributed by atoms with E-state index in [2.05, 4.69) is 18.7 Å². The summed E-state index contributed by atoms with van der Waals surface area (Å²) in [6.07, 6.45) is 5.34. The molecule has 102 valence electrons. The van der Waals surface area contributed by atoms with Crippen molar-refractivity contribution in [3.63, 3.8) is 0 Å². The lowest BCUT2D eigenvalue weighted by Crippen LogP contribution is -2.34. The summed E-state index contributed by atoms with van der Waals surface area (Å²) in [4.78, 5) is 13.9. The average Bonchev–Trinajstić information content (AvgIpc) is 2.78. The van der Waals surface area contributed by atoms with Crippen LogP contribution in [0.3, 0.4) is 0 Å². The molecule has 1 saturated heterocycles. The molecule has 1 aromatic carbocycles. The molecule has 1 aromatic rings. The fourth-order valence-electron chi connectivity index (χ4n) is 2.58. The first-order valence-corrected chi connectivity index (χ1v) is 6.78. The minimum Gasteiger partial charge on any atom is -0.497 e. The van der Waals surface area contributed by atoms with Crippen LogP contribution in [0.15, 0.2) is 36.9 Å². The summed E-state index contributed by atoms with van der Waals surface area (Å²) in [5, 5.41) is 0. The molecule has 1 fully saturated rings. The van der Waals surface area contributed by atoms with Crippen molar-refractivity contribution in [1.82, 2.24) is 4.90 Å². The minimum absolute atomic E-state index is 0.278. The number of carbonyl (C=O) groups excluding carboxylic acids is 1. The molecule has 0 saturated carbocycles. The zero-order valence-electron chi connectivity index (χ0n) is 11.5.